The third-order valence-corrected chi connectivity index (χ3v) is 10.7. The maximum atomic E-state index is 5.64. The maximum Gasteiger partial charge on any atom is 2.00 e. The average molecular weight is 860 g/mol. The Balaban J connectivity index is 0.00000400. The minimum absolute atomic E-state index is 0. The predicted octanol–water partition coefficient (Wildman–Crippen LogP) is 11.8. The second kappa shape index (κ2) is 14.0. The molecule has 0 saturated heterocycles. The van der Waals surface area contributed by atoms with Crippen molar-refractivity contribution in [3.05, 3.63) is 228 Å². The van der Waals surface area contributed by atoms with Crippen LogP contribution in [-0.2, 0) is 31.9 Å². The summed E-state index contributed by atoms with van der Waals surface area (Å²) in [5.41, 5.74) is 13.8. The van der Waals surface area contributed by atoms with E-state index in [1.807, 2.05) is 24.3 Å². The van der Waals surface area contributed by atoms with Crippen molar-refractivity contribution >= 4 is 0 Å². The standard InChI is InChI=1S/C50H36N2.Pt/c1-49(2)41-27-13-15-29-43(41)50(44-30-16-14-28-42(44)49,47-33-17-31-45(51-47)39-25-11-9-23-37(39)35-19-5-3-6-20-35)48-34-18-32-46(52-48)40-26-12-10-24-38(40)36-21-7-4-8-22-36;/h3-24,27-34H,1-2H3;/q-2;+2. The summed E-state index contributed by atoms with van der Waals surface area (Å²) >= 11 is 0. The van der Waals surface area contributed by atoms with Crippen molar-refractivity contribution in [3.8, 4) is 44.8 Å². The van der Waals surface area contributed by atoms with Gasteiger partial charge in [0.1, 0.15) is 5.41 Å². The molecule has 0 atom stereocenters. The zero-order valence-corrected chi connectivity index (χ0v) is 31.8. The molecule has 6 aromatic carbocycles. The predicted molar refractivity (Wildman–Crippen MR) is 212 cm³/mol. The van der Waals surface area contributed by atoms with Crippen molar-refractivity contribution < 1.29 is 21.1 Å². The summed E-state index contributed by atoms with van der Waals surface area (Å²) in [6, 6.07) is 71.1. The minimum atomic E-state index is -0.821. The molecule has 0 spiro atoms. The van der Waals surface area contributed by atoms with Gasteiger partial charge in [0.25, 0.3) is 0 Å². The first-order valence-electron chi connectivity index (χ1n) is 17.8. The van der Waals surface area contributed by atoms with Gasteiger partial charge >= 0.3 is 21.1 Å². The molecule has 0 aliphatic heterocycles. The third kappa shape index (κ3) is 5.70. The van der Waals surface area contributed by atoms with E-state index in [9.17, 15) is 0 Å². The fourth-order valence-corrected chi connectivity index (χ4v) is 8.26. The number of hydrogen-bond donors (Lipinski definition) is 0. The Labute approximate surface area is 326 Å². The van der Waals surface area contributed by atoms with Gasteiger partial charge in [-0.25, -0.2) is 0 Å². The number of fused-ring (bicyclic) bond motifs is 2. The molecule has 0 bridgehead atoms. The van der Waals surface area contributed by atoms with Gasteiger partial charge in [-0.1, -0.05) is 170 Å². The van der Waals surface area contributed by atoms with Gasteiger partial charge in [-0.3, -0.25) is 9.97 Å². The fraction of sp³-hybridized carbons (Fsp3) is 0.0800. The molecule has 9 rings (SSSR count). The summed E-state index contributed by atoms with van der Waals surface area (Å²) < 4.78 is 0. The normalized spacial score (nSPS) is 13.6. The van der Waals surface area contributed by atoms with Crippen LogP contribution in [0, 0.1) is 12.1 Å². The second-order valence-corrected chi connectivity index (χ2v) is 13.9. The Bertz CT molecular complexity index is 2380. The molecule has 1 aliphatic carbocycles. The molecule has 256 valence electrons. The molecule has 2 heterocycles. The van der Waals surface area contributed by atoms with E-state index in [0.29, 0.717) is 0 Å². The Kier molecular flexibility index (Phi) is 9.11. The molecule has 0 fully saturated rings. The molecule has 2 aromatic heterocycles. The smallest absolute Gasteiger partial charge is 0.300 e. The molecule has 3 heteroatoms. The molecular formula is C50H36N2Pt. The largest absolute Gasteiger partial charge is 2.00 e. The Morgan fingerprint density at radius 1 is 0.396 bits per heavy atom. The third-order valence-electron chi connectivity index (χ3n) is 10.7. The van der Waals surface area contributed by atoms with Crippen LogP contribution >= 0.6 is 0 Å². The SMILES string of the molecule is CC1(C)c2ccccc2C(c2cccc(-c3[c-]cccc3-c3ccccc3)n2)(c2cccc(-c3[c-]cccc3-c3ccccc3)n2)c2ccccc21.[Pt+2]. The number of nitrogens with zero attached hydrogens (tertiary/aromatic N) is 2. The van der Waals surface area contributed by atoms with Crippen LogP contribution in [0.4, 0.5) is 0 Å². The molecule has 0 radical (unpaired) electrons. The van der Waals surface area contributed by atoms with Crippen molar-refractivity contribution in [2.24, 2.45) is 0 Å². The summed E-state index contributed by atoms with van der Waals surface area (Å²) in [5.74, 6) is 0. The van der Waals surface area contributed by atoms with Crippen LogP contribution in [0.15, 0.2) is 182 Å². The monoisotopic (exact) mass is 859 g/mol. The van der Waals surface area contributed by atoms with Crippen LogP contribution in [-0.4, -0.2) is 9.97 Å². The quantitative estimate of drug-likeness (QED) is 0.156. The summed E-state index contributed by atoms with van der Waals surface area (Å²) in [6.07, 6.45) is 0. The Morgan fingerprint density at radius 2 is 0.792 bits per heavy atom. The van der Waals surface area contributed by atoms with E-state index in [-0.39, 0.29) is 26.5 Å². The fourth-order valence-electron chi connectivity index (χ4n) is 8.26. The average Bonchev–Trinajstić information content (AvgIpc) is 3.22. The summed E-state index contributed by atoms with van der Waals surface area (Å²) in [6.45, 7) is 4.66. The van der Waals surface area contributed by atoms with Crippen LogP contribution in [0.5, 0.6) is 0 Å². The van der Waals surface area contributed by atoms with Gasteiger partial charge in [-0.2, -0.15) is 0 Å². The van der Waals surface area contributed by atoms with Gasteiger partial charge < -0.3 is 0 Å². The van der Waals surface area contributed by atoms with Crippen molar-refractivity contribution in [3.63, 3.8) is 0 Å². The van der Waals surface area contributed by atoms with Gasteiger partial charge in [-0.05, 0) is 45.8 Å². The van der Waals surface area contributed by atoms with Gasteiger partial charge in [-0.15, -0.1) is 59.7 Å². The van der Waals surface area contributed by atoms with Crippen molar-refractivity contribution in [1.82, 2.24) is 9.97 Å². The van der Waals surface area contributed by atoms with E-state index < -0.39 is 5.41 Å². The van der Waals surface area contributed by atoms with E-state index >= 15 is 0 Å². The Hall–Kier alpha value is -5.69. The molecule has 0 saturated carbocycles. The number of aromatic nitrogens is 2. The Morgan fingerprint density at radius 3 is 1.23 bits per heavy atom. The molecule has 8 aromatic rings. The second-order valence-electron chi connectivity index (χ2n) is 13.9. The minimum Gasteiger partial charge on any atom is -0.300 e. The first-order chi connectivity index (χ1) is 25.6. The number of rotatable bonds is 6. The van der Waals surface area contributed by atoms with Gasteiger partial charge in [0, 0.05) is 5.41 Å². The molecule has 0 unspecified atom stereocenters. The molecule has 53 heavy (non-hydrogen) atoms. The number of pyridine rings is 2. The van der Waals surface area contributed by atoms with Crippen molar-refractivity contribution in [2.75, 3.05) is 0 Å². The molecular weight excluding hydrogens is 824 g/mol. The number of hydrogen-bond acceptors (Lipinski definition) is 2. The van der Waals surface area contributed by atoms with Crippen LogP contribution in [0.1, 0.15) is 47.5 Å². The van der Waals surface area contributed by atoms with Crippen molar-refractivity contribution in [1.29, 1.82) is 0 Å². The van der Waals surface area contributed by atoms with Crippen LogP contribution in [0.25, 0.3) is 44.8 Å². The first kappa shape index (κ1) is 34.4. The van der Waals surface area contributed by atoms with Gasteiger partial charge in [0.15, 0.2) is 0 Å². The van der Waals surface area contributed by atoms with Crippen LogP contribution < -0.4 is 0 Å². The molecule has 2 nitrogen and oxygen atoms in total. The van der Waals surface area contributed by atoms with Crippen LogP contribution in [0.3, 0.4) is 0 Å². The van der Waals surface area contributed by atoms with Gasteiger partial charge in [0.05, 0.1) is 11.4 Å². The van der Waals surface area contributed by atoms with E-state index in [1.165, 1.54) is 22.3 Å². The van der Waals surface area contributed by atoms with E-state index in [1.54, 1.807) is 0 Å². The molecule has 0 amide bonds. The topological polar surface area (TPSA) is 25.8 Å². The first-order valence-corrected chi connectivity index (χ1v) is 17.8. The van der Waals surface area contributed by atoms with Crippen LogP contribution in [0.2, 0.25) is 0 Å². The van der Waals surface area contributed by atoms with Crippen molar-refractivity contribution in [2.45, 2.75) is 24.7 Å². The van der Waals surface area contributed by atoms with E-state index in [2.05, 4.69) is 184 Å². The van der Waals surface area contributed by atoms with E-state index in [0.717, 1.165) is 56.2 Å². The maximum absolute atomic E-state index is 5.64. The summed E-state index contributed by atoms with van der Waals surface area (Å²) in [4.78, 5) is 11.3. The van der Waals surface area contributed by atoms with E-state index in [4.69, 9.17) is 9.97 Å². The molecule has 1 aliphatic rings. The summed E-state index contributed by atoms with van der Waals surface area (Å²) in [5, 5.41) is 0. The van der Waals surface area contributed by atoms with Gasteiger partial charge in [0.2, 0.25) is 0 Å². The zero-order valence-electron chi connectivity index (χ0n) is 29.5. The zero-order chi connectivity index (χ0) is 35.1. The number of benzene rings is 6. The summed E-state index contributed by atoms with van der Waals surface area (Å²) in [7, 11) is 0. The molecule has 0 N–H and O–H groups in total.